The van der Waals surface area contributed by atoms with Gasteiger partial charge in [0.2, 0.25) is 0 Å². The van der Waals surface area contributed by atoms with Crippen LogP contribution in [0.25, 0.3) is 0 Å². The number of nitrogens with zero attached hydrogens (tertiary/aromatic N) is 1. The molecule has 0 bridgehead atoms. The van der Waals surface area contributed by atoms with Crippen LogP contribution >= 0.6 is 23.4 Å². The van der Waals surface area contributed by atoms with E-state index in [4.69, 9.17) is 23.4 Å². The molecule has 1 aromatic rings. The maximum Gasteiger partial charge on any atom is 0.266 e. The Morgan fingerprint density at radius 3 is 2.42 bits per heavy atom. The summed E-state index contributed by atoms with van der Waals surface area (Å²) in [6, 6.07) is 7.13. The van der Waals surface area contributed by atoms with E-state index < -0.39 is 18.1 Å². The Balaban J connectivity index is 2.73. The molecule has 106 valence electrons. The second-order valence-corrected chi connectivity index (χ2v) is 5.14. The summed E-state index contributed by atoms with van der Waals surface area (Å²) < 4.78 is 13.8. The van der Waals surface area contributed by atoms with Crippen molar-refractivity contribution < 1.29 is 9.18 Å². The van der Waals surface area contributed by atoms with E-state index in [2.05, 4.69) is 5.43 Å². The number of carbonyl (C=O) groups excluding carboxylic acids is 1. The molecule has 0 spiro atoms. The average molecular weight is 307 g/mol. The summed E-state index contributed by atoms with van der Waals surface area (Å²) >= 11 is 11.5. The van der Waals surface area contributed by atoms with Crippen LogP contribution in [0.3, 0.4) is 0 Å². The third kappa shape index (κ3) is 4.06. The van der Waals surface area contributed by atoms with Crippen molar-refractivity contribution >= 4 is 29.3 Å². The van der Waals surface area contributed by atoms with E-state index in [1.807, 2.05) is 19.1 Å². The van der Waals surface area contributed by atoms with Crippen LogP contribution in [-0.2, 0) is 6.42 Å². The first-order valence-electron chi connectivity index (χ1n) is 5.94. The van der Waals surface area contributed by atoms with Crippen LogP contribution in [-0.4, -0.2) is 28.5 Å². The first-order chi connectivity index (χ1) is 8.96. The van der Waals surface area contributed by atoms with Crippen molar-refractivity contribution in [2.75, 3.05) is 12.6 Å². The summed E-state index contributed by atoms with van der Waals surface area (Å²) in [5.41, 5.74) is 2.86. The first-order valence-corrected chi connectivity index (χ1v) is 6.82. The summed E-state index contributed by atoms with van der Waals surface area (Å²) in [6.45, 7) is 2.78. The van der Waals surface area contributed by atoms with Gasteiger partial charge in [-0.3, -0.25) is 10.2 Å². The standard InChI is InChI=1S/C13H17Cl2FN2O/c1-3-10-4-6-11(7-5-10)12(19)17-18(15)13(2,8-14)9-16/h4-7H,3,8-9H2,1-2H3,(H,17,19). The minimum Gasteiger partial charge on any atom is -0.270 e. The molecule has 1 amide bonds. The third-order valence-corrected chi connectivity index (χ3v) is 3.94. The van der Waals surface area contributed by atoms with Crippen molar-refractivity contribution in [3.05, 3.63) is 35.4 Å². The number of aryl methyl sites for hydroxylation is 1. The van der Waals surface area contributed by atoms with Crippen LogP contribution in [0, 0.1) is 0 Å². The number of halogens is 3. The molecule has 1 rings (SSSR count). The highest BCUT2D eigenvalue weighted by atomic mass is 35.5. The summed E-state index contributed by atoms with van der Waals surface area (Å²) in [5.74, 6) is -0.440. The molecule has 1 N–H and O–H groups in total. The predicted molar refractivity (Wildman–Crippen MR) is 76.1 cm³/mol. The van der Waals surface area contributed by atoms with E-state index in [0.717, 1.165) is 16.5 Å². The van der Waals surface area contributed by atoms with Crippen LogP contribution in [0.2, 0.25) is 0 Å². The van der Waals surface area contributed by atoms with Crippen molar-refractivity contribution in [1.82, 2.24) is 9.95 Å². The summed E-state index contributed by atoms with van der Waals surface area (Å²) in [6.07, 6.45) is 0.899. The molecule has 0 aliphatic rings. The number of carbonyl (C=O) groups is 1. The highest BCUT2D eigenvalue weighted by Gasteiger charge is 2.32. The van der Waals surface area contributed by atoms with Gasteiger partial charge in [-0.15, -0.1) is 16.1 Å². The first kappa shape index (κ1) is 16.2. The molecule has 0 aliphatic carbocycles. The molecule has 0 aliphatic heterocycles. The number of hydrazine groups is 1. The Labute approximate surface area is 122 Å². The summed E-state index contributed by atoms with van der Waals surface area (Å²) in [5, 5.41) is 0. The topological polar surface area (TPSA) is 32.3 Å². The zero-order valence-corrected chi connectivity index (χ0v) is 12.4. The van der Waals surface area contributed by atoms with Crippen LogP contribution in [0.15, 0.2) is 24.3 Å². The molecule has 1 unspecified atom stereocenters. The van der Waals surface area contributed by atoms with Crippen molar-refractivity contribution in [2.45, 2.75) is 25.8 Å². The molecule has 0 radical (unpaired) electrons. The molecular weight excluding hydrogens is 290 g/mol. The number of benzene rings is 1. The smallest absolute Gasteiger partial charge is 0.266 e. The monoisotopic (exact) mass is 306 g/mol. The summed E-state index contributed by atoms with van der Waals surface area (Å²) in [7, 11) is 0. The maximum atomic E-state index is 12.9. The van der Waals surface area contributed by atoms with Crippen molar-refractivity contribution in [3.8, 4) is 0 Å². The lowest BCUT2D eigenvalue weighted by atomic mass is 10.1. The Bertz CT molecular complexity index is 421. The fraction of sp³-hybridized carbons (Fsp3) is 0.462. The van der Waals surface area contributed by atoms with Gasteiger partial charge in [-0.05, 0) is 31.0 Å². The number of rotatable bonds is 6. The van der Waals surface area contributed by atoms with Crippen molar-refractivity contribution in [2.24, 2.45) is 0 Å². The predicted octanol–water partition coefficient (Wildman–Crippen LogP) is 3.32. The van der Waals surface area contributed by atoms with Gasteiger partial charge in [-0.2, -0.15) is 0 Å². The number of alkyl halides is 2. The van der Waals surface area contributed by atoms with E-state index >= 15 is 0 Å². The quantitative estimate of drug-likeness (QED) is 0.497. The second-order valence-electron chi connectivity index (χ2n) is 4.54. The molecule has 0 fully saturated rings. The lowest BCUT2D eigenvalue weighted by Gasteiger charge is -2.31. The van der Waals surface area contributed by atoms with Gasteiger partial charge >= 0.3 is 0 Å². The van der Waals surface area contributed by atoms with Crippen LogP contribution in [0.5, 0.6) is 0 Å². The Morgan fingerprint density at radius 2 is 2.00 bits per heavy atom. The van der Waals surface area contributed by atoms with Crippen molar-refractivity contribution in [1.29, 1.82) is 0 Å². The normalized spacial score (nSPS) is 14.2. The van der Waals surface area contributed by atoms with E-state index in [-0.39, 0.29) is 5.88 Å². The second kappa shape index (κ2) is 7.08. The average Bonchev–Trinajstić information content (AvgIpc) is 2.46. The lowest BCUT2D eigenvalue weighted by molar-refractivity contribution is 0.0754. The van der Waals surface area contributed by atoms with Crippen LogP contribution in [0.4, 0.5) is 4.39 Å². The zero-order chi connectivity index (χ0) is 14.5. The van der Waals surface area contributed by atoms with Crippen LogP contribution in [0.1, 0.15) is 29.8 Å². The molecule has 3 nitrogen and oxygen atoms in total. The Hall–Kier alpha value is -0.840. The molecule has 6 heteroatoms. The number of amides is 1. The van der Waals surface area contributed by atoms with Gasteiger partial charge in [-0.1, -0.05) is 19.1 Å². The fourth-order valence-electron chi connectivity index (χ4n) is 1.32. The molecule has 1 aromatic carbocycles. The minimum absolute atomic E-state index is 0.0396. The Kier molecular flexibility index (Phi) is 6.04. The minimum atomic E-state index is -1.14. The van der Waals surface area contributed by atoms with E-state index in [1.54, 1.807) is 12.1 Å². The summed E-state index contributed by atoms with van der Waals surface area (Å²) in [4.78, 5) is 11.9. The molecular formula is C13H17Cl2FN2O. The van der Waals surface area contributed by atoms with Gasteiger partial charge < -0.3 is 0 Å². The highest BCUT2D eigenvalue weighted by molar-refractivity contribution is 6.20. The molecule has 0 heterocycles. The van der Waals surface area contributed by atoms with Crippen LogP contribution < -0.4 is 5.43 Å². The van der Waals surface area contributed by atoms with E-state index in [0.29, 0.717) is 5.56 Å². The van der Waals surface area contributed by atoms with Gasteiger partial charge in [0.05, 0.1) is 5.54 Å². The van der Waals surface area contributed by atoms with Gasteiger partial charge in [0.25, 0.3) is 5.91 Å². The SMILES string of the molecule is CCc1ccc(C(=O)NN(Cl)C(C)(CF)CCl)cc1. The zero-order valence-electron chi connectivity index (χ0n) is 10.9. The van der Waals surface area contributed by atoms with Crippen molar-refractivity contribution in [3.63, 3.8) is 0 Å². The number of hydrogen-bond acceptors (Lipinski definition) is 2. The third-order valence-electron chi connectivity index (χ3n) is 2.87. The van der Waals surface area contributed by atoms with Gasteiger partial charge in [-0.25, -0.2) is 4.39 Å². The number of nitrogens with one attached hydrogen (secondary N) is 1. The number of hydrogen-bond donors (Lipinski definition) is 1. The van der Waals surface area contributed by atoms with Gasteiger partial charge in [0.15, 0.2) is 0 Å². The molecule has 0 aromatic heterocycles. The Morgan fingerprint density at radius 1 is 1.42 bits per heavy atom. The lowest BCUT2D eigenvalue weighted by Crippen LogP contribution is -2.53. The fourth-order valence-corrected chi connectivity index (χ4v) is 1.75. The molecule has 19 heavy (non-hydrogen) atoms. The highest BCUT2D eigenvalue weighted by Crippen LogP contribution is 2.18. The maximum absolute atomic E-state index is 12.9. The van der Waals surface area contributed by atoms with E-state index in [1.165, 1.54) is 6.92 Å². The largest absolute Gasteiger partial charge is 0.270 e. The van der Waals surface area contributed by atoms with Gasteiger partial charge in [0.1, 0.15) is 6.67 Å². The molecule has 0 saturated carbocycles. The molecule has 1 atom stereocenters. The van der Waals surface area contributed by atoms with E-state index in [9.17, 15) is 9.18 Å². The molecule has 0 saturated heterocycles. The van der Waals surface area contributed by atoms with Gasteiger partial charge in [0, 0.05) is 23.2 Å².